The second kappa shape index (κ2) is 7.59. The molecular formula is C14H26N2O4. The highest BCUT2D eigenvalue weighted by atomic mass is 16.5. The molecule has 1 saturated heterocycles. The fourth-order valence-electron chi connectivity index (χ4n) is 2.32. The molecule has 0 radical (unpaired) electrons. The summed E-state index contributed by atoms with van der Waals surface area (Å²) in [4.78, 5) is 26.0. The topological polar surface area (TPSA) is 67.9 Å². The van der Waals surface area contributed by atoms with Crippen LogP contribution in [0.3, 0.4) is 0 Å². The molecule has 20 heavy (non-hydrogen) atoms. The molecule has 116 valence electrons. The maximum absolute atomic E-state index is 12.4. The van der Waals surface area contributed by atoms with Gasteiger partial charge in [-0.3, -0.25) is 9.59 Å². The fourth-order valence-corrected chi connectivity index (χ4v) is 2.32. The Morgan fingerprint density at radius 3 is 2.55 bits per heavy atom. The van der Waals surface area contributed by atoms with Crippen molar-refractivity contribution in [1.29, 1.82) is 0 Å². The molecule has 6 nitrogen and oxygen atoms in total. The average Bonchev–Trinajstić information content (AvgIpc) is 2.38. The fraction of sp³-hybridized carbons (Fsp3) is 0.857. The number of hydrogen-bond donors (Lipinski definition) is 1. The van der Waals surface area contributed by atoms with E-state index in [-0.39, 0.29) is 11.8 Å². The van der Waals surface area contributed by atoms with E-state index in [4.69, 9.17) is 9.47 Å². The molecule has 1 fully saturated rings. The summed E-state index contributed by atoms with van der Waals surface area (Å²) in [6, 6.07) is -0.391. The van der Waals surface area contributed by atoms with Crippen LogP contribution in [0, 0.1) is 0 Å². The average molecular weight is 286 g/mol. The van der Waals surface area contributed by atoms with Crippen LogP contribution in [0.1, 0.15) is 33.6 Å². The van der Waals surface area contributed by atoms with Crippen molar-refractivity contribution in [3.8, 4) is 0 Å². The predicted octanol–water partition coefficient (Wildman–Crippen LogP) is 0.555. The van der Waals surface area contributed by atoms with Crippen LogP contribution in [0.5, 0.6) is 0 Å². The predicted molar refractivity (Wildman–Crippen MR) is 75.3 cm³/mol. The number of carbonyl (C=O) groups is 2. The smallest absolute Gasteiger partial charge is 0.248 e. The van der Waals surface area contributed by atoms with Gasteiger partial charge in [0.2, 0.25) is 11.8 Å². The number of nitrogens with zero attached hydrogens (tertiary/aromatic N) is 1. The van der Waals surface area contributed by atoms with E-state index in [9.17, 15) is 9.59 Å². The van der Waals surface area contributed by atoms with Crippen LogP contribution in [-0.2, 0) is 19.1 Å². The van der Waals surface area contributed by atoms with Crippen molar-refractivity contribution in [2.24, 2.45) is 0 Å². The van der Waals surface area contributed by atoms with Crippen LogP contribution in [0.25, 0.3) is 0 Å². The molecule has 1 unspecified atom stereocenters. The molecule has 1 atom stereocenters. The van der Waals surface area contributed by atoms with E-state index in [1.165, 1.54) is 0 Å². The molecule has 1 rings (SSSR count). The van der Waals surface area contributed by atoms with Gasteiger partial charge in [0.15, 0.2) is 0 Å². The van der Waals surface area contributed by atoms with Gasteiger partial charge in [0.1, 0.15) is 11.6 Å². The first-order valence-corrected chi connectivity index (χ1v) is 7.13. The molecule has 1 heterocycles. The Morgan fingerprint density at radius 2 is 1.95 bits per heavy atom. The highest BCUT2D eigenvalue weighted by Gasteiger charge is 2.44. The molecule has 0 saturated carbocycles. The van der Waals surface area contributed by atoms with Gasteiger partial charge in [-0.25, -0.2) is 0 Å². The number of amides is 2. The second-order valence-electron chi connectivity index (χ2n) is 5.50. The highest BCUT2D eigenvalue weighted by Crippen LogP contribution is 2.19. The summed E-state index contributed by atoms with van der Waals surface area (Å²) in [5.74, 6) is -0.138. The summed E-state index contributed by atoms with van der Waals surface area (Å²) in [6.07, 6.45) is 1.44. The second-order valence-corrected chi connectivity index (χ2v) is 5.50. The van der Waals surface area contributed by atoms with Gasteiger partial charge in [-0.05, 0) is 26.7 Å². The highest BCUT2D eigenvalue weighted by molar-refractivity contribution is 5.99. The minimum atomic E-state index is -0.835. The van der Waals surface area contributed by atoms with Crippen LogP contribution in [0.15, 0.2) is 0 Å². The number of piperazine rings is 1. The molecular weight excluding hydrogens is 260 g/mol. The molecule has 0 aromatic heterocycles. The number of hydrogen-bond acceptors (Lipinski definition) is 4. The third-order valence-corrected chi connectivity index (χ3v) is 3.41. The maximum atomic E-state index is 12.4. The normalized spacial score (nSPS) is 22.0. The van der Waals surface area contributed by atoms with E-state index >= 15 is 0 Å². The van der Waals surface area contributed by atoms with Crippen LogP contribution >= 0.6 is 0 Å². The lowest BCUT2D eigenvalue weighted by Crippen LogP contribution is -2.68. The van der Waals surface area contributed by atoms with E-state index in [0.29, 0.717) is 32.8 Å². The van der Waals surface area contributed by atoms with Crippen LogP contribution in [0.4, 0.5) is 0 Å². The molecule has 6 heteroatoms. The van der Waals surface area contributed by atoms with Gasteiger partial charge in [-0.15, -0.1) is 0 Å². The van der Waals surface area contributed by atoms with Crippen molar-refractivity contribution in [2.75, 3.05) is 33.5 Å². The van der Waals surface area contributed by atoms with Crippen molar-refractivity contribution in [2.45, 2.75) is 45.2 Å². The van der Waals surface area contributed by atoms with Crippen molar-refractivity contribution in [3.63, 3.8) is 0 Å². The van der Waals surface area contributed by atoms with Crippen molar-refractivity contribution in [1.82, 2.24) is 10.2 Å². The third kappa shape index (κ3) is 4.18. The molecule has 1 N–H and O–H groups in total. The standard InChI is InChI=1S/C14H26N2O4/c1-5-11-12(17)15-14(2,3)13(18)16(11)7-10-20-9-6-8-19-4/h11H,5-10H2,1-4H3,(H,15,17). The Morgan fingerprint density at radius 1 is 1.25 bits per heavy atom. The quantitative estimate of drug-likeness (QED) is 0.662. The van der Waals surface area contributed by atoms with Crippen LogP contribution in [-0.4, -0.2) is 61.8 Å². The summed E-state index contributed by atoms with van der Waals surface area (Å²) in [6.45, 7) is 7.51. The van der Waals surface area contributed by atoms with Gasteiger partial charge in [0, 0.05) is 26.9 Å². The van der Waals surface area contributed by atoms with Gasteiger partial charge in [0.25, 0.3) is 0 Å². The minimum absolute atomic E-state index is 0.0514. The summed E-state index contributed by atoms with van der Waals surface area (Å²) >= 11 is 0. The number of ether oxygens (including phenoxy) is 2. The SMILES string of the molecule is CCC1C(=O)NC(C)(C)C(=O)N1CCOCCCOC. The molecule has 0 spiro atoms. The zero-order valence-electron chi connectivity index (χ0n) is 12.9. The number of methoxy groups -OCH3 is 1. The number of rotatable bonds is 8. The first-order chi connectivity index (χ1) is 9.44. The lowest BCUT2D eigenvalue weighted by Gasteiger charge is -2.42. The Labute approximate surface area is 120 Å². The van der Waals surface area contributed by atoms with Crippen LogP contribution in [0.2, 0.25) is 0 Å². The monoisotopic (exact) mass is 286 g/mol. The first-order valence-electron chi connectivity index (χ1n) is 7.13. The summed E-state index contributed by atoms with van der Waals surface area (Å²) in [7, 11) is 1.65. The van der Waals surface area contributed by atoms with Gasteiger partial charge >= 0.3 is 0 Å². The first kappa shape index (κ1) is 16.9. The molecule has 0 aromatic carbocycles. The van der Waals surface area contributed by atoms with E-state index in [1.54, 1.807) is 25.9 Å². The Balaban J connectivity index is 2.50. The van der Waals surface area contributed by atoms with Crippen molar-refractivity contribution in [3.05, 3.63) is 0 Å². The minimum Gasteiger partial charge on any atom is -0.385 e. The molecule has 0 aromatic rings. The summed E-state index contributed by atoms with van der Waals surface area (Å²) in [5, 5.41) is 2.77. The van der Waals surface area contributed by atoms with Gasteiger partial charge in [-0.1, -0.05) is 6.92 Å². The Hall–Kier alpha value is -1.14. The maximum Gasteiger partial charge on any atom is 0.248 e. The molecule has 2 amide bonds. The van der Waals surface area contributed by atoms with Crippen molar-refractivity contribution >= 4 is 11.8 Å². The van der Waals surface area contributed by atoms with Gasteiger partial charge in [0.05, 0.1) is 6.61 Å². The Kier molecular flexibility index (Phi) is 6.42. The van der Waals surface area contributed by atoms with E-state index in [1.807, 2.05) is 6.92 Å². The molecule has 1 aliphatic rings. The van der Waals surface area contributed by atoms with Crippen LogP contribution < -0.4 is 5.32 Å². The molecule has 0 aliphatic carbocycles. The van der Waals surface area contributed by atoms with Gasteiger partial charge in [-0.2, -0.15) is 0 Å². The van der Waals surface area contributed by atoms with E-state index in [2.05, 4.69) is 5.32 Å². The molecule has 1 aliphatic heterocycles. The molecule has 0 bridgehead atoms. The van der Waals surface area contributed by atoms with E-state index < -0.39 is 11.6 Å². The summed E-state index contributed by atoms with van der Waals surface area (Å²) in [5.41, 5.74) is -0.835. The zero-order valence-corrected chi connectivity index (χ0v) is 12.9. The number of carbonyl (C=O) groups excluding carboxylic acids is 2. The zero-order chi connectivity index (χ0) is 15.2. The summed E-state index contributed by atoms with van der Waals surface area (Å²) < 4.78 is 10.4. The Bertz CT molecular complexity index is 344. The lowest BCUT2D eigenvalue weighted by atomic mass is 9.96. The number of nitrogens with one attached hydrogen (secondary N) is 1. The van der Waals surface area contributed by atoms with Crippen molar-refractivity contribution < 1.29 is 19.1 Å². The van der Waals surface area contributed by atoms with Gasteiger partial charge < -0.3 is 19.7 Å². The van der Waals surface area contributed by atoms with E-state index in [0.717, 1.165) is 6.42 Å². The largest absolute Gasteiger partial charge is 0.385 e. The third-order valence-electron chi connectivity index (χ3n) is 3.41. The lowest BCUT2D eigenvalue weighted by molar-refractivity contribution is -0.154.